The molecule has 0 unspecified atom stereocenters. The fourth-order valence-electron chi connectivity index (χ4n) is 1.67. The molecule has 0 radical (unpaired) electrons. The van der Waals surface area contributed by atoms with Crippen LogP contribution in [0.15, 0.2) is 42.6 Å². The third kappa shape index (κ3) is 3.69. The molecule has 100 valence electrons. The third-order valence-corrected chi connectivity index (χ3v) is 2.84. The van der Waals surface area contributed by atoms with Crippen molar-refractivity contribution >= 4 is 5.69 Å². The van der Waals surface area contributed by atoms with Crippen LogP contribution < -0.4 is 15.4 Å². The van der Waals surface area contributed by atoms with Crippen LogP contribution in [0.4, 0.5) is 5.69 Å². The second-order valence-electron chi connectivity index (χ2n) is 4.54. The van der Waals surface area contributed by atoms with Gasteiger partial charge in [0.25, 0.3) is 0 Å². The summed E-state index contributed by atoms with van der Waals surface area (Å²) in [7, 11) is 4.01. The average Bonchev–Trinajstić information content (AvgIpc) is 2.46. The van der Waals surface area contributed by atoms with Gasteiger partial charge in [-0.1, -0.05) is 12.1 Å². The Hall–Kier alpha value is -2.07. The van der Waals surface area contributed by atoms with Crippen LogP contribution in [0.1, 0.15) is 11.3 Å². The largest absolute Gasteiger partial charge is 0.487 e. The number of nitrogens with zero attached hydrogens (tertiary/aromatic N) is 2. The lowest BCUT2D eigenvalue weighted by Gasteiger charge is -2.14. The molecular formula is C15H19N3O. The highest BCUT2D eigenvalue weighted by Gasteiger charge is 2.00. The first-order chi connectivity index (χ1) is 9.19. The Labute approximate surface area is 113 Å². The van der Waals surface area contributed by atoms with Crippen molar-refractivity contribution in [3.8, 4) is 5.75 Å². The topological polar surface area (TPSA) is 51.4 Å². The van der Waals surface area contributed by atoms with Gasteiger partial charge in [-0.05, 0) is 23.8 Å². The zero-order valence-electron chi connectivity index (χ0n) is 11.3. The summed E-state index contributed by atoms with van der Waals surface area (Å²) in [6.07, 6.45) is 1.79. The van der Waals surface area contributed by atoms with Gasteiger partial charge in [-0.3, -0.25) is 4.98 Å². The zero-order chi connectivity index (χ0) is 13.7. The Morgan fingerprint density at radius 3 is 2.68 bits per heavy atom. The maximum absolute atomic E-state index is 5.74. The Kier molecular flexibility index (Phi) is 4.36. The van der Waals surface area contributed by atoms with Crippen LogP contribution in [0.5, 0.6) is 5.75 Å². The van der Waals surface area contributed by atoms with Gasteiger partial charge in [-0.25, -0.2) is 0 Å². The molecule has 0 saturated carbocycles. The van der Waals surface area contributed by atoms with Crippen LogP contribution in [-0.4, -0.2) is 19.1 Å². The van der Waals surface area contributed by atoms with E-state index in [1.807, 2.05) is 55.4 Å². The minimum Gasteiger partial charge on any atom is -0.487 e. The smallest absolute Gasteiger partial charge is 0.130 e. The number of hydrogen-bond donors (Lipinski definition) is 1. The number of aromatic nitrogens is 1. The molecule has 0 amide bonds. The number of ether oxygens (including phenoxy) is 1. The third-order valence-electron chi connectivity index (χ3n) is 2.84. The van der Waals surface area contributed by atoms with E-state index in [-0.39, 0.29) is 0 Å². The minimum absolute atomic E-state index is 0.460. The summed E-state index contributed by atoms with van der Waals surface area (Å²) in [5, 5.41) is 0. The molecule has 2 aromatic rings. The first-order valence-corrected chi connectivity index (χ1v) is 6.23. The average molecular weight is 257 g/mol. The van der Waals surface area contributed by atoms with E-state index in [1.54, 1.807) is 6.20 Å². The monoisotopic (exact) mass is 257 g/mol. The molecule has 2 N–H and O–H groups in total. The van der Waals surface area contributed by atoms with Gasteiger partial charge in [0, 0.05) is 38.6 Å². The van der Waals surface area contributed by atoms with Crippen LogP contribution in [0, 0.1) is 0 Å². The Bertz CT molecular complexity index is 523. The maximum Gasteiger partial charge on any atom is 0.130 e. The number of hydrogen-bond acceptors (Lipinski definition) is 4. The molecule has 0 aliphatic carbocycles. The molecule has 0 saturated heterocycles. The molecule has 4 nitrogen and oxygen atoms in total. The van der Waals surface area contributed by atoms with E-state index in [4.69, 9.17) is 10.5 Å². The minimum atomic E-state index is 0.460. The van der Waals surface area contributed by atoms with Crippen molar-refractivity contribution in [2.45, 2.75) is 13.2 Å². The number of rotatable bonds is 5. The first kappa shape index (κ1) is 13.4. The Morgan fingerprint density at radius 1 is 1.21 bits per heavy atom. The molecule has 0 atom stereocenters. The summed E-state index contributed by atoms with van der Waals surface area (Å²) in [6.45, 7) is 0.973. The van der Waals surface area contributed by atoms with E-state index in [0.29, 0.717) is 13.2 Å². The summed E-state index contributed by atoms with van der Waals surface area (Å²) in [6, 6.07) is 11.9. The van der Waals surface area contributed by atoms with E-state index in [0.717, 1.165) is 22.7 Å². The molecule has 0 spiro atoms. The Balaban J connectivity index is 1.99. The van der Waals surface area contributed by atoms with Gasteiger partial charge in [0.1, 0.15) is 12.4 Å². The molecule has 2 rings (SSSR count). The lowest BCUT2D eigenvalue weighted by atomic mass is 10.2. The first-order valence-electron chi connectivity index (χ1n) is 6.23. The molecule has 1 heterocycles. The quantitative estimate of drug-likeness (QED) is 0.892. The molecule has 0 bridgehead atoms. The summed E-state index contributed by atoms with van der Waals surface area (Å²) in [4.78, 5) is 6.35. The standard InChI is InChI=1S/C15H19N3O/c1-18(2)14-4-3-5-15(8-14)19-11-13-7-6-12(9-16)10-17-13/h3-8,10H,9,11,16H2,1-2H3. The number of nitrogens with two attached hydrogens (primary N) is 1. The van der Waals surface area contributed by atoms with Crippen LogP contribution >= 0.6 is 0 Å². The van der Waals surface area contributed by atoms with Crippen LogP contribution in [-0.2, 0) is 13.2 Å². The fourth-order valence-corrected chi connectivity index (χ4v) is 1.67. The van der Waals surface area contributed by atoms with Crippen molar-refractivity contribution < 1.29 is 4.74 Å². The summed E-state index contributed by atoms with van der Waals surface area (Å²) >= 11 is 0. The second kappa shape index (κ2) is 6.20. The molecule has 1 aromatic carbocycles. The highest BCUT2D eigenvalue weighted by atomic mass is 16.5. The predicted octanol–water partition coefficient (Wildman–Crippen LogP) is 2.19. The number of anilines is 1. The maximum atomic E-state index is 5.74. The van der Waals surface area contributed by atoms with Crippen molar-refractivity contribution in [1.82, 2.24) is 4.98 Å². The zero-order valence-corrected chi connectivity index (χ0v) is 11.3. The molecule has 0 aliphatic rings. The van der Waals surface area contributed by atoms with Gasteiger partial charge in [-0.15, -0.1) is 0 Å². The van der Waals surface area contributed by atoms with Crippen LogP contribution in [0.25, 0.3) is 0 Å². The van der Waals surface area contributed by atoms with Crippen LogP contribution in [0.2, 0.25) is 0 Å². The molecule has 19 heavy (non-hydrogen) atoms. The van der Waals surface area contributed by atoms with Gasteiger partial charge >= 0.3 is 0 Å². The molecular weight excluding hydrogens is 238 g/mol. The van der Waals surface area contributed by atoms with Crippen molar-refractivity contribution in [2.24, 2.45) is 5.73 Å². The summed E-state index contributed by atoms with van der Waals surface area (Å²) in [5.74, 6) is 0.843. The fraction of sp³-hybridized carbons (Fsp3) is 0.267. The highest BCUT2D eigenvalue weighted by molar-refractivity contribution is 5.49. The van der Waals surface area contributed by atoms with Crippen molar-refractivity contribution in [3.05, 3.63) is 53.9 Å². The molecule has 1 aromatic heterocycles. The normalized spacial score (nSPS) is 10.3. The lowest BCUT2D eigenvalue weighted by Crippen LogP contribution is -2.08. The number of pyridine rings is 1. The molecule has 0 fully saturated rings. The predicted molar refractivity (Wildman–Crippen MR) is 77.2 cm³/mol. The van der Waals surface area contributed by atoms with Gasteiger partial charge in [0.15, 0.2) is 0 Å². The van der Waals surface area contributed by atoms with E-state index in [9.17, 15) is 0 Å². The summed E-state index contributed by atoms with van der Waals surface area (Å²) < 4.78 is 5.74. The van der Waals surface area contributed by atoms with E-state index >= 15 is 0 Å². The van der Waals surface area contributed by atoms with E-state index < -0.39 is 0 Å². The lowest BCUT2D eigenvalue weighted by molar-refractivity contribution is 0.301. The van der Waals surface area contributed by atoms with Crippen molar-refractivity contribution in [2.75, 3.05) is 19.0 Å². The second-order valence-corrected chi connectivity index (χ2v) is 4.54. The highest BCUT2D eigenvalue weighted by Crippen LogP contribution is 2.20. The number of benzene rings is 1. The summed E-state index contributed by atoms with van der Waals surface area (Å²) in [5.41, 5.74) is 8.57. The van der Waals surface area contributed by atoms with Crippen LogP contribution in [0.3, 0.4) is 0 Å². The van der Waals surface area contributed by atoms with Gasteiger partial charge in [0.2, 0.25) is 0 Å². The van der Waals surface area contributed by atoms with Gasteiger partial charge in [0.05, 0.1) is 5.69 Å². The van der Waals surface area contributed by atoms with Crippen molar-refractivity contribution in [1.29, 1.82) is 0 Å². The SMILES string of the molecule is CN(C)c1cccc(OCc2ccc(CN)cn2)c1. The van der Waals surface area contributed by atoms with E-state index in [2.05, 4.69) is 4.98 Å². The Morgan fingerprint density at radius 2 is 2.05 bits per heavy atom. The van der Waals surface area contributed by atoms with Gasteiger partial charge < -0.3 is 15.4 Å². The van der Waals surface area contributed by atoms with Gasteiger partial charge in [-0.2, -0.15) is 0 Å². The molecule has 0 aliphatic heterocycles. The van der Waals surface area contributed by atoms with Crippen molar-refractivity contribution in [3.63, 3.8) is 0 Å². The van der Waals surface area contributed by atoms with E-state index in [1.165, 1.54) is 0 Å². The molecule has 4 heteroatoms.